The highest BCUT2D eigenvalue weighted by Crippen LogP contribution is 2.10. The molecule has 0 N–H and O–H groups in total. The van der Waals surface area contributed by atoms with E-state index < -0.39 is 12.1 Å². The van der Waals surface area contributed by atoms with Gasteiger partial charge in [0.05, 0.1) is 0 Å². The molecule has 6 heteroatoms. The van der Waals surface area contributed by atoms with E-state index in [1.54, 1.807) is 0 Å². The van der Waals surface area contributed by atoms with Crippen LogP contribution >= 0.6 is 0 Å². The highest BCUT2D eigenvalue weighted by atomic mass is 16.6. The van der Waals surface area contributed by atoms with Crippen LogP contribution in [0.15, 0.2) is 146 Å². The van der Waals surface area contributed by atoms with Gasteiger partial charge in [-0.05, 0) is 122 Å². The van der Waals surface area contributed by atoms with E-state index in [1.807, 2.05) is 12.2 Å². The normalized spacial score (nSPS) is 13.3. The Kier molecular flexibility index (Phi) is 48.2. The Bertz CT molecular complexity index is 1490. The first-order valence-corrected chi connectivity index (χ1v) is 25.3. The van der Waals surface area contributed by atoms with Gasteiger partial charge in [-0.3, -0.25) is 14.4 Å². The van der Waals surface area contributed by atoms with Crippen molar-refractivity contribution in [1.82, 2.24) is 0 Å². The molecule has 0 amide bonds. The summed E-state index contributed by atoms with van der Waals surface area (Å²) in [6.45, 7) is 6.22. The van der Waals surface area contributed by atoms with Crippen molar-refractivity contribution >= 4 is 17.9 Å². The third kappa shape index (κ3) is 50.2. The third-order valence-electron chi connectivity index (χ3n) is 9.82. The Balaban J connectivity index is 4.66. The lowest BCUT2D eigenvalue weighted by molar-refractivity contribution is -0.166. The van der Waals surface area contributed by atoms with Crippen LogP contribution in [0, 0.1) is 0 Å². The SMILES string of the molecule is CC/C=C\C/C=C\C/C=C\C/C=C\C/C=C\CCC(=O)OC(COC(=O)CCC/C=C\C/C=C\C/C=C\C/C=C\CCCCC)COC(=O)CCCCCC/C=C\C/C=C\C/C=C\CC. The topological polar surface area (TPSA) is 78.9 Å². The largest absolute Gasteiger partial charge is 0.462 e. The number of ether oxygens (including phenoxy) is 3. The van der Waals surface area contributed by atoms with Crippen LogP contribution in [0.4, 0.5) is 0 Å². The van der Waals surface area contributed by atoms with Crippen LogP contribution in [0.3, 0.4) is 0 Å². The molecule has 0 spiro atoms. The first kappa shape index (κ1) is 60.3. The van der Waals surface area contributed by atoms with Gasteiger partial charge in [-0.2, -0.15) is 0 Å². The lowest BCUT2D eigenvalue weighted by Crippen LogP contribution is -2.30. The Morgan fingerprint density at radius 1 is 0.323 bits per heavy atom. The number of carbonyl (C=O) groups excluding carboxylic acids is 3. The van der Waals surface area contributed by atoms with Crippen molar-refractivity contribution in [2.75, 3.05) is 13.2 Å². The van der Waals surface area contributed by atoms with Gasteiger partial charge in [0, 0.05) is 19.3 Å². The summed E-state index contributed by atoms with van der Waals surface area (Å²) >= 11 is 0. The number of rotatable bonds is 43. The molecule has 0 aliphatic rings. The summed E-state index contributed by atoms with van der Waals surface area (Å²) in [6.07, 6.45) is 74.2. The Labute approximate surface area is 397 Å². The highest BCUT2D eigenvalue weighted by Gasteiger charge is 2.19. The summed E-state index contributed by atoms with van der Waals surface area (Å²) in [5.41, 5.74) is 0. The van der Waals surface area contributed by atoms with E-state index in [0.717, 1.165) is 109 Å². The van der Waals surface area contributed by atoms with Gasteiger partial charge in [0.1, 0.15) is 13.2 Å². The zero-order valence-electron chi connectivity index (χ0n) is 41.2. The molecule has 0 rings (SSSR count). The van der Waals surface area contributed by atoms with Gasteiger partial charge in [0.15, 0.2) is 6.10 Å². The predicted octanol–water partition coefficient (Wildman–Crippen LogP) is 16.9. The molecular weight excluding hydrogens is 805 g/mol. The number of hydrogen-bond acceptors (Lipinski definition) is 6. The van der Waals surface area contributed by atoms with E-state index in [1.165, 1.54) is 25.7 Å². The Morgan fingerprint density at radius 3 is 1.05 bits per heavy atom. The number of allylic oxidation sites excluding steroid dienone is 24. The van der Waals surface area contributed by atoms with Gasteiger partial charge in [-0.1, -0.05) is 192 Å². The lowest BCUT2D eigenvalue weighted by atomic mass is 10.1. The van der Waals surface area contributed by atoms with Gasteiger partial charge in [0.25, 0.3) is 0 Å². The molecule has 362 valence electrons. The number of carbonyl (C=O) groups is 3. The third-order valence-corrected chi connectivity index (χ3v) is 9.82. The predicted molar refractivity (Wildman–Crippen MR) is 279 cm³/mol. The standard InChI is InChI=1S/C59H90O6/c1-4-7-10-13-16-19-22-25-28-30-32-34-37-40-43-46-49-52-58(61)64-55-56(54-63-57(60)51-48-45-42-39-36-33-27-24-21-18-15-12-9-6-3)65-59(62)53-50-47-44-41-38-35-31-29-26-23-20-17-14-11-8-5-2/h8-9,11-12,16-21,25-29,32-35,38,40,43-44,47,56H,4-7,10,13-15,22-24,30-31,36-37,39,41-42,45-46,48-55H2,1-3H3/b11-8-,12-9-,19-16-,20-17-,21-18-,28-25-,29-26-,33-27-,34-32-,38-35-,43-40-,47-44-. The lowest BCUT2D eigenvalue weighted by Gasteiger charge is -2.18. The Morgan fingerprint density at radius 2 is 0.646 bits per heavy atom. The van der Waals surface area contributed by atoms with Crippen molar-refractivity contribution in [1.29, 1.82) is 0 Å². The van der Waals surface area contributed by atoms with Crippen LogP contribution in [-0.2, 0) is 28.6 Å². The molecule has 0 aliphatic heterocycles. The molecule has 0 aromatic carbocycles. The molecule has 65 heavy (non-hydrogen) atoms. The van der Waals surface area contributed by atoms with E-state index >= 15 is 0 Å². The van der Waals surface area contributed by atoms with Crippen molar-refractivity contribution in [2.45, 2.75) is 194 Å². The fourth-order valence-electron chi connectivity index (χ4n) is 6.08. The minimum Gasteiger partial charge on any atom is -0.462 e. The Hall–Kier alpha value is -4.71. The second kappa shape index (κ2) is 51.9. The number of hydrogen-bond donors (Lipinski definition) is 0. The molecule has 0 aliphatic carbocycles. The summed E-state index contributed by atoms with van der Waals surface area (Å²) in [7, 11) is 0. The molecular formula is C59H90O6. The summed E-state index contributed by atoms with van der Waals surface area (Å²) in [4.78, 5) is 37.9. The van der Waals surface area contributed by atoms with E-state index in [2.05, 4.69) is 154 Å². The zero-order chi connectivity index (χ0) is 47.2. The highest BCUT2D eigenvalue weighted by molar-refractivity contribution is 5.71. The average molecular weight is 895 g/mol. The monoisotopic (exact) mass is 895 g/mol. The van der Waals surface area contributed by atoms with Crippen LogP contribution in [0.2, 0.25) is 0 Å². The molecule has 1 atom stereocenters. The van der Waals surface area contributed by atoms with Crippen molar-refractivity contribution in [3.63, 3.8) is 0 Å². The van der Waals surface area contributed by atoms with Crippen molar-refractivity contribution in [3.8, 4) is 0 Å². The molecule has 0 fully saturated rings. The minimum absolute atomic E-state index is 0.143. The van der Waals surface area contributed by atoms with E-state index in [9.17, 15) is 14.4 Å². The maximum atomic E-state index is 12.8. The summed E-state index contributed by atoms with van der Waals surface area (Å²) in [6, 6.07) is 0. The molecule has 6 nitrogen and oxygen atoms in total. The van der Waals surface area contributed by atoms with Gasteiger partial charge < -0.3 is 14.2 Å². The van der Waals surface area contributed by atoms with Gasteiger partial charge in [0.2, 0.25) is 0 Å². The second-order valence-electron chi connectivity index (χ2n) is 16.0. The van der Waals surface area contributed by atoms with Gasteiger partial charge in [-0.25, -0.2) is 0 Å². The van der Waals surface area contributed by atoms with Crippen LogP contribution in [0.5, 0.6) is 0 Å². The fraction of sp³-hybridized carbons (Fsp3) is 0.542. The second-order valence-corrected chi connectivity index (χ2v) is 16.0. The number of esters is 3. The number of unbranched alkanes of at least 4 members (excludes halogenated alkanes) is 8. The molecule has 0 bridgehead atoms. The van der Waals surface area contributed by atoms with Crippen molar-refractivity contribution < 1.29 is 28.6 Å². The maximum absolute atomic E-state index is 12.8. The van der Waals surface area contributed by atoms with Crippen molar-refractivity contribution in [2.24, 2.45) is 0 Å². The first-order valence-electron chi connectivity index (χ1n) is 25.3. The molecule has 0 saturated heterocycles. The van der Waals surface area contributed by atoms with Crippen LogP contribution in [0.25, 0.3) is 0 Å². The summed E-state index contributed by atoms with van der Waals surface area (Å²) < 4.78 is 16.6. The van der Waals surface area contributed by atoms with E-state index in [0.29, 0.717) is 19.3 Å². The summed E-state index contributed by atoms with van der Waals surface area (Å²) in [5.74, 6) is -1.12. The molecule has 1 unspecified atom stereocenters. The van der Waals surface area contributed by atoms with Crippen LogP contribution in [-0.4, -0.2) is 37.2 Å². The molecule has 0 saturated carbocycles. The van der Waals surface area contributed by atoms with Crippen molar-refractivity contribution in [3.05, 3.63) is 146 Å². The molecule has 0 aromatic rings. The van der Waals surface area contributed by atoms with Crippen LogP contribution in [0.1, 0.15) is 188 Å². The smallest absolute Gasteiger partial charge is 0.306 e. The fourth-order valence-corrected chi connectivity index (χ4v) is 6.08. The molecule has 0 heterocycles. The molecule has 0 aromatic heterocycles. The van der Waals surface area contributed by atoms with Gasteiger partial charge in [-0.15, -0.1) is 0 Å². The zero-order valence-corrected chi connectivity index (χ0v) is 41.2. The first-order chi connectivity index (χ1) is 32.0. The summed E-state index contributed by atoms with van der Waals surface area (Å²) in [5, 5.41) is 0. The quantitative estimate of drug-likeness (QED) is 0.0263. The van der Waals surface area contributed by atoms with Crippen LogP contribution < -0.4 is 0 Å². The van der Waals surface area contributed by atoms with E-state index in [-0.39, 0.29) is 38.0 Å². The molecule has 0 radical (unpaired) electrons. The average Bonchev–Trinajstić information content (AvgIpc) is 3.30. The van der Waals surface area contributed by atoms with Gasteiger partial charge >= 0.3 is 17.9 Å². The minimum atomic E-state index is -0.855. The van der Waals surface area contributed by atoms with E-state index in [4.69, 9.17) is 14.2 Å². The maximum Gasteiger partial charge on any atom is 0.306 e.